The Morgan fingerprint density at radius 3 is 2.28 bits per heavy atom. The molecule has 32 heavy (non-hydrogen) atoms. The number of rotatable bonds is 4. The van der Waals surface area contributed by atoms with Gasteiger partial charge in [0.15, 0.2) is 0 Å². The molecule has 2 aromatic rings. The molecule has 1 heterocycles. The first-order chi connectivity index (χ1) is 15.0. The zero-order valence-electron chi connectivity index (χ0n) is 19.3. The lowest BCUT2D eigenvalue weighted by Gasteiger charge is -2.36. The fraction of sp³-hybridized carbons (Fsp3) is 0.400. The minimum absolute atomic E-state index is 0.188. The monoisotopic (exact) mass is 437 g/mol. The number of amides is 3. The van der Waals surface area contributed by atoms with E-state index in [0.717, 1.165) is 22.3 Å². The van der Waals surface area contributed by atoms with Gasteiger partial charge in [0.2, 0.25) is 11.8 Å². The normalized spacial score (nSPS) is 15.5. The second kappa shape index (κ2) is 9.42. The fourth-order valence-corrected chi connectivity index (χ4v) is 3.81. The van der Waals surface area contributed by atoms with Crippen LogP contribution in [0, 0.1) is 13.8 Å². The quantitative estimate of drug-likeness (QED) is 0.763. The number of carbonyl (C=O) groups is 3. The molecule has 0 spiro atoms. The molecule has 3 rings (SSSR count). The number of ether oxygens (including phenoxy) is 1. The second-order valence-electron chi connectivity index (χ2n) is 9.24. The van der Waals surface area contributed by atoms with E-state index in [9.17, 15) is 14.4 Å². The van der Waals surface area contributed by atoms with Gasteiger partial charge in [-0.25, -0.2) is 4.79 Å². The van der Waals surface area contributed by atoms with Crippen molar-refractivity contribution < 1.29 is 19.1 Å². The third kappa shape index (κ3) is 6.09. The number of nitrogens with one attached hydrogen (secondary N) is 2. The van der Waals surface area contributed by atoms with E-state index in [1.165, 1.54) is 4.90 Å². The third-order valence-electron chi connectivity index (χ3n) is 5.11. The Kier molecular flexibility index (Phi) is 6.87. The van der Waals surface area contributed by atoms with E-state index in [1.807, 2.05) is 56.3 Å². The molecular weight excluding hydrogens is 406 g/mol. The Morgan fingerprint density at radius 1 is 1.03 bits per heavy atom. The van der Waals surface area contributed by atoms with Gasteiger partial charge < -0.3 is 15.4 Å². The smallest absolute Gasteiger partial charge is 0.411 e. The summed E-state index contributed by atoms with van der Waals surface area (Å²) in [7, 11) is 0. The van der Waals surface area contributed by atoms with Crippen LogP contribution in [-0.4, -0.2) is 41.0 Å². The van der Waals surface area contributed by atoms with Crippen LogP contribution < -0.4 is 10.6 Å². The molecular formula is C25H31N3O4. The minimum atomic E-state index is -0.756. The highest BCUT2D eigenvalue weighted by atomic mass is 16.6. The van der Waals surface area contributed by atoms with Gasteiger partial charge >= 0.3 is 6.09 Å². The number of hydrogen-bond donors (Lipinski definition) is 2. The van der Waals surface area contributed by atoms with Crippen LogP contribution in [0.3, 0.4) is 0 Å². The van der Waals surface area contributed by atoms with Crippen molar-refractivity contribution >= 4 is 23.6 Å². The van der Waals surface area contributed by atoms with Crippen molar-refractivity contribution in [3.8, 4) is 0 Å². The standard InChI is InChI=1S/C25H31N3O4/c1-16-10-17(2)12-20(11-16)27-22(29)14-26-23(30)21-13-18-8-6-7-9-19(18)15-28(21)24(31)32-25(3,4)5/h6-12,21H,13-15H2,1-5H3,(H,26,30)(H,27,29)/t21-/m1/s1. The van der Waals surface area contributed by atoms with Crippen LogP contribution in [0.1, 0.15) is 43.0 Å². The van der Waals surface area contributed by atoms with Gasteiger partial charge in [-0.1, -0.05) is 30.3 Å². The third-order valence-corrected chi connectivity index (χ3v) is 5.11. The number of carbonyl (C=O) groups excluding carboxylic acids is 3. The molecule has 1 aliphatic heterocycles. The fourth-order valence-electron chi connectivity index (χ4n) is 3.81. The number of aryl methyl sites for hydroxylation is 2. The number of benzene rings is 2. The lowest BCUT2D eigenvalue weighted by Crippen LogP contribution is -2.54. The molecule has 0 aliphatic carbocycles. The van der Waals surface area contributed by atoms with Crippen LogP contribution >= 0.6 is 0 Å². The summed E-state index contributed by atoms with van der Waals surface area (Å²) in [5, 5.41) is 5.48. The molecule has 1 atom stereocenters. The van der Waals surface area contributed by atoms with Gasteiger partial charge in [-0.3, -0.25) is 14.5 Å². The molecule has 1 aliphatic rings. The maximum absolute atomic E-state index is 13.0. The maximum atomic E-state index is 13.0. The van der Waals surface area contributed by atoms with Crippen LogP contribution in [0.5, 0.6) is 0 Å². The molecule has 0 aromatic heterocycles. The summed E-state index contributed by atoms with van der Waals surface area (Å²) in [6, 6.07) is 12.7. The molecule has 0 radical (unpaired) electrons. The van der Waals surface area contributed by atoms with Crippen molar-refractivity contribution in [3.63, 3.8) is 0 Å². The molecule has 7 nitrogen and oxygen atoms in total. The molecule has 3 amide bonds. The first kappa shape index (κ1) is 23.3. The largest absolute Gasteiger partial charge is 0.444 e. The summed E-state index contributed by atoms with van der Waals surface area (Å²) in [6.07, 6.45) is -0.188. The van der Waals surface area contributed by atoms with Crippen molar-refractivity contribution in [1.82, 2.24) is 10.2 Å². The lowest BCUT2D eigenvalue weighted by atomic mass is 9.94. The van der Waals surface area contributed by atoms with Crippen molar-refractivity contribution in [2.24, 2.45) is 0 Å². The Balaban J connectivity index is 1.69. The SMILES string of the molecule is Cc1cc(C)cc(NC(=O)CNC(=O)[C@H]2Cc3ccccc3CN2C(=O)OC(C)(C)C)c1. The van der Waals surface area contributed by atoms with Crippen molar-refractivity contribution in [2.75, 3.05) is 11.9 Å². The van der Waals surface area contributed by atoms with E-state index in [-0.39, 0.29) is 24.9 Å². The molecule has 2 aromatic carbocycles. The molecule has 0 bridgehead atoms. The average molecular weight is 438 g/mol. The van der Waals surface area contributed by atoms with Crippen LogP contribution in [-0.2, 0) is 27.3 Å². The van der Waals surface area contributed by atoms with E-state index in [4.69, 9.17) is 4.74 Å². The van der Waals surface area contributed by atoms with Crippen LogP contribution in [0.15, 0.2) is 42.5 Å². The summed E-state index contributed by atoms with van der Waals surface area (Å²) in [4.78, 5) is 39.7. The zero-order chi connectivity index (χ0) is 23.5. The highest BCUT2D eigenvalue weighted by molar-refractivity contribution is 5.96. The summed E-state index contributed by atoms with van der Waals surface area (Å²) in [5.41, 5.74) is 4.07. The average Bonchev–Trinajstić information content (AvgIpc) is 2.69. The van der Waals surface area contributed by atoms with Crippen molar-refractivity contribution in [3.05, 3.63) is 64.7 Å². The first-order valence-electron chi connectivity index (χ1n) is 10.7. The highest BCUT2D eigenvalue weighted by Gasteiger charge is 2.37. The number of nitrogens with zero attached hydrogens (tertiary/aromatic N) is 1. The Bertz CT molecular complexity index is 1010. The van der Waals surface area contributed by atoms with Crippen LogP contribution in [0.25, 0.3) is 0 Å². The van der Waals surface area contributed by atoms with Gasteiger partial charge in [0.1, 0.15) is 11.6 Å². The van der Waals surface area contributed by atoms with Crippen LogP contribution in [0.4, 0.5) is 10.5 Å². The van der Waals surface area contributed by atoms with E-state index >= 15 is 0 Å². The van der Waals surface area contributed by atoms with E-state index < -0.39 is 17.7 Å². The lowest BCUT2D eigenvalue weighted by molar-refractivity contribution is -0.128. The second-order valence-corrected chi connectivity index (χ2v) is 9.24. The summed E-state index contributed by atoms with van der Waals surface area (Å²) < 4.78 is 5.53. The predicted octanol–water partition coefficient (Wildman–Crippen LogP) is 3.72. The molecule has 170 valence electrons. The van der Waals surface area contributed by atoms with Gasteiger partial charge in [0.25, 0.3) is 0 Å². The summed E-state index contributed by atoms with van der Waals surface area (Å²) in [6.45, 7) is 9.36. The van der Waals surface area contributed by atoms with Gasteiger partial charge in [-0.05, 0) is 69.0 Å². The van der Waals surface area contributed by atoms with Gasteiger partial charge in [-0.15, -0.1) is 0 Å². The van der Waals surface area contributed by atoms with Gasteiger partial charge in [-0.2, -0.15) is 0 Å². The van der Waals surface area contributed by atoms with Gasteiger partial charge in [0.05, 0.1) is 13.1 Å². The molecule has 0 saturated heterocycles. The number of hydrogen-bond acceptors (Lipinski definition) is 4. The molecule has 0 unspecified atom stereocenters. The highest BCUT2D eigenvalue weighted by Crippen LogP contribution is 2.25. The Hall–Kier alpha value is -3.35. The number of anilines is 1. The molecule has 2 N–H and O–H groups in total. The summed E-state index contributed by atoms with van der Waals surface area (Å²) in [5.74, 6) is -0.718. The summed E-state index contributed by atoms with van der Waals surface area (Å²) >= 11 is 0. The van der Waals surface area contributed by atoms with Crippen molar-refractivity contribution in [1.29, 1.82) is 0 Å². The van der Waals surface area contributed by atoms with Crippen LogP contribution in [0.2, 0.25) is 0 Å². The van der Waals surface area contributed by atoms with Crippen molar-refractivity contribution in [2.45, 2.75) is 59.2 Å². The van der Waals surface area contributed by atoms with E-state index in [2.05, 4.69) is 10.6 Å². The first-order valence-corrected chi connectivity index (χ1v) is 10.7. The topological polar surface area (TPSA) is 87.7 Å². The Morgan fingerprint density at radius 2 is 1.66 bits per heavy atom. The zero-order valence-corrected chi connectivity index (χ0v) is 19.3. The Labute approximate surface area is 189 Å². The molecule has 7 heteroatoms. The number of fused-ring (bicyclic) bond motifs is 1. The van der Waals surface area contributed by atoms with E-state index in [0.29, 0.717) is 12.1 Å². The maximum Gasteiger partial charge on any atom is 0.411 e. The predicted molar refractivity (Wildman–Crippen MR) is 123 cm³/mol. The van der Waals surface area contributed by atoms with Gasteiger partial charge in [0, 0.05) is 12.1 Å². The minimum Gasteiger partial charge on any atom is -0.444 e. The van der Waals surface area contributed by atoms with E-state index in [1.54, 1.807) is 20.8 Å². The molecule has 0 fully saturated rings. The molecule has 0 saturated carbocycles.